The van der Waals surface area contributed by atoms with Gasteiger partial charge in [-0.1, -0.05) is 6.92 Å². The first-order valence-electron chi connectivity index (χ1n) is 7.91. The lowest BCUT2D eigenvalue weighted by Gasteiger charge is -2.17. The molecule has 4 rings (SSSR count). The van der Waals surface area contributed by atoms with Crippen molar-refractivity contribution in [2.45, 2.75) is 26.2 Å². The Bertz CT molecular complexity index is 866. The van der Waals surface area contributed by atoms with Crippen molar-refractivity contribution < 1.29 is 14.3 Å². The Morgan fingerprint density at radius 1 is 1.38 bits per heavy atom. The maximum absolute atomic E-state index is 12.5. The molecule has 1 aromatic heterocycles. The molecular weight excluding hydrogens is 324 g/mol. The van der Waals surface area contributed by atoms with Crippen molar-refractivity contribution in [1.82, 2.24) is 0 Å². The summed E-state index contributed by atoms with van der Waals surface area (Å²) in [4.78, 5) is 13.8. The first-order valence-corrected chi connectivity index (χ1v) is 8.73. The standard InChI is InChI=1S/C18H16N2O3S/c1-10-2-4-12-13(8-19)18(24-16(12)6-10)20-17(21)11-3-5-14-15(7-11)23-9-22-14/h3,5,7,10H,2,4,6,9H2,1H3,(H,20,21). The van der Waals surface area contributed by atoms with Gasteiger partial charge in [-0.2, -0.15) is 5.26 Å². The second-order valence-electron chi connectivity index (χ2n) is 6.19. The lowest BCUT2D eigenvalue weighted by molar-refractivity contribution is 0.102. The van der Waals surface area contributed by atoms with Gasteiger partial charge in [0.05, 0.1) is 5.56 Å². The Morgan fingerprint density at radius 3 is 3.04 bits per heavy atom. The number of rotatable bonds is 2. The third-order valence-electron chi connectivity index (χ3n) is 4.49. The number of hydrogen-bond donors (Lipinski definition) is 1. The van der Waals surface area contributed by atoms with Crippen molar-refractivity contribution in [2.24, 2.45) is 5.92 Å². The summed E-state index contributed by atoms with van der Waals surface area (Å²) in [5.41, 5.74) is 2.22. The summed E-state index contributed by atoms with van der Waals surface area (Å²) in [7, 11) is 0. The van der Waals surface area contributed by atoms with Gasteiger partial charge < -0.3 is 14.8 Å². The van der Waals surface area contributed by atoms with Crippen molar-refractivity contribution in [2.75, 3.05) is 12.1 Å². The van der Waals surface area contributed by atoms with E-state index in [9.17, 15) is 10.1 Å². The van der Waals surface area contributed by atoms with Crippen LogP contribution in [0.25, 0.3) is 0 Å². The molecule has 1 aliphatic carbocycles. The van der Waals surface area contributed by atoms with Crippen LogP contribution in [0.3, 0.4) is 0 Å². The highest BCUT2D eigenvalue weighted by Gasteiger charge is 2.25. The first-order chi connectivity index (χ1) is 11.7. The summed E-state index contributed by atoms with van der Waals surface area (Å²) in [6.07, 6.45) is 2.98. The van der Waals surface area contributed by atoms with Crippen LogP contribution in [0, 0.1) is 17.2 Å². The smallest absolute Gasteiger partial charge is 0.256 e. The van der Waals surface area contributed by atoms with Crippen LogP contribution in [-0.2, 0) is 12.8 Å². The van der Waals surface area contributed by atoms with E-state index in [1.54, 1.807) is 18.2 Å². The van der Waals surface area contributed by atoms with Gasteiger partial charge in [-0.25, -0.2) is 0 Å². The van der Waals surface area contributed by atoms with E-state index in [4.69, 9.17) is 9.47 Å². The summed E-state index contributed by atoms with van der Waals surface area (Å²) in [5.74, 6) is 1.60. The van der Waals surface area contributed by atoms with Crippen molar-refractivity contribution in [3.63, 3.8) is 0 Å². The number of amides is 1. The highest BCUT2D eigenvalue weighted by molar-refractivity contribution is 7.16. The topological polar surface area (TPSA) is 71.3 Å². The number of nitrogens with one attached hydrogen (secondary N) is 1. The Balaban J connectivity index is 1.61. The molecule has 1 aromatic carbocycles. The molecule has 1 N–H and O–H groups in total. The van der Waals surface area contributed by atoms with Gasteiger partial charge in [0.15, 0.2) is 11.5 Å². The molecule has 1 unspecified atom stereocenters. The number of benzene rings is 1. The zero-order chi connectivity index (χ0) is 16.7. The number of hydrogen-bond acceptors (Lipinski definition) is 5. The molecule has 1 aliphatic heterocycles. The molecule has 5 nitrogen and oxygen atoms in total. The average molecular weight is 340 g/mol. The van der Waals surface area contributed by atoms with Gasteiger partial charge in [0, 0.05) is 10.4 Å². The van der Waals surface area contributed by atoms with E-state index < -0.39 is 0 Å². The fourth-order valence-electron chi connectivity index (χ4n) is 3.17. The fraction of sp³-hybridized carbons (Fsp3) is 0.333. The zero-order valence-electron chi connectivity index (χ0n) is 13.2. The van der Waals surface area contributed by atoms with Gasteiger partial charge in [-0.3, -0.25) is 4.79 Å². The molecule has 0 saturated heterocycles. The van der Waals surface area contributed by atoms with Gasteiger partial charge in [-0.15, -0.1) is 11.3 Å². The predicted molar refractivity (Wildman–Crippen MR) is 90.7 cm³/mol. The van der Waals surface area contributed by atoms with Gasteiger partial charge in [-0.05, 0) is 48.9 Å². The van der Waals surface area contributed by atoms with Crippen LogP contribution in [0.15, 0.2) is 18.2 Å². The minimum absolute atomic E-state index is 0.175. The normalized spacial score (nSPS) is 17.9. The molecule has 6 heteroatoms. The third-order valence-corrected chi connectivity index (χ3v) is 5.66. The molecule has 2 aromatic rings. The summed E-state index contributed by atoms with van der Waals surface area (Å²) in [5, 5.41) is 13.1. The molecule has 0 saturated carbocycles. The highest BCUT2D eigenvalue weighted by Crippen LogP contribution is 2.39. The van der Waals surface area contributed by atoms with E-state index in [1.165, 1.54) is 16.2 Å². The van der Waals surface area contributed by atoms with E-state index in [0.29, 0.717) is 33.5 Å². The number of anilines is 1. The minimum atomic E-state index is -0.239. The Hall–Kier alpha value is -2.52. The van der Waals surface area contributed by atoms with Crippen LogP contribution < -0.4 is 14.8 Å². The number of nitrogens with zero attached hydrogens (tertiary/aromatic N) is 1. The van der Waals surface area contributed by atoms with E-state index in [2.05, 4.69) is 18.3 Å². The van der Waals surface area contributed by atoms with Crippen molar-refractivity contribution in [1.29, 1.82) is 5.26 Å². The van der Waals surface area contributed by atoms with Gasteiger partial charge in [0.25, 0.3) is 5.91 Å². The number of carbonyl (C=O) groups excluding carboxylic acids is 1. The summed E-state index contributed by atoms with van der Waals surface area (Å²) < 4.78 is 10.6. The number of nitriles is 1. The molecular formula is C18H16N2O3S. The van der Waals surface area contributed by atoms with Crippen LogP contribution in [0.1, 0.15) is 39.7 Å². The first kappa shape index (κ1) is 15.0. The number of carbonyl (C=O) groups is 1. The number of ether oxygens (including phenoxy) is 2. The molecule has 2 aliphatic rings. The molecule has 24 heavy (non-hydrogen) atoms. The predicted octanol–water partition coefficient (Wildman–Crippen LogP) is 3.73. The molecule has 0 bridgehead atoms. The third kappa shape index (κ3) is 2.51. The van der Waals surface area contributed by atoms with E-state index in [1.807, 2.05) is 0 Å². The number of thiophene rings is 1. The monoisotopic (exact) mass is 340 g/mol. The Labute approximate surface area is 143 Å². The van der Waals surface area contributed by atoms with Crippen LogP contribution in [-0.4, -0.2) is 12.7 Å². The van der Waals surface area contributed by atoms with Crippen molar-refractivity contribution in [3.05, 3.63) is 39.8 Å². The Kier molecular flexibility index (Phi) is 3.66. The minimum Gasteiger partial charge on any atom is -0.454 e. The maximum atomic E-state index is 12.5. The van der Waals surface area contributed by atoms with Crippen LogP contribution in [0.5, 0.6) is 11.5 Å². The Morgan fingerprint density at radius 2 is 2.21 bits per heavy atom. The van der Waals surface area contributed by atoms with E-state index >= 15 is 0 Å². The average Bonchev–Trinajstić information content (AvgIpc) is 3.17. The zero-order valence-corrected chi connectivity index (χ0v) is 14.0. The van der Waals surface area contributed by atoms with Crippen LogP contribution in [0.4, 0.5) is 5.00 Å². The van der Waals surface area contributed by atoms with Crippen LogP contribution >= 0.6 is 11.3 Å². The molecule has 2 heterocycles. The molecule has 0 radical (unpaired) electrons. The summed E-state index contributed by atoms with van der Waals surface area (Å²) in [6, 6.07) is 7.36. The summed E-state index contributed by atoms with van der Waals surface area (Å²) >= 11 is 1.53. The molecule has 122 valence electrons. The quantitative estimate of drug-likeness (QED) is 0.904. The fourth-order valence-corrected chi connectivity index (χ4v) is 4.53. The summed E-state index contributed by atoms with van der Waals surface area (Å²) in [6.45, 7) is 2.40. The maximum Gasteiger partial charge on any atom is 0.256 e. The molecule has 1 amide bonds. The van der Waals surface area contributed by atoms with Crippen LogP contribution in [0.2, 0.25) is 0 Å². The largest absolute Gasteiger partial charge is 0.454 e. The second-order valence-corrected chi connectivity index (χ2v) is 7.30. The molecule has 0 spiro atoms. The number of fused-ring (bicyclic) bond motifs is 2. The van der Waals surface area contributed by atoms with Gasteiger partial charge in [0.1, 0.15) is 11.1 Å². The second kappa shape index (κ2) is 5.84. The van der Waals surface area contributed by atoms with E-state index in [0.717, 1.165) is 24.8 Å². The highest BCUT2D eigenvalue weighted by atomic mass is 32.1. The van der Waals surface area contributed by atoms with E-state index in [-0.39, 0.29) is 12.7 Å². The SMILES string of the molecule is CC1CCc2c(sc(NC(=O)c3ccc4c(c3)OCO4)c2C#N)C1. The lowest BCUT2D eigenvalue weighted by Crippen LogP contribution is -2.12. The molecule has 1 atom stereocenters. The molecule has 0 fully saturated rings. The van der Waals surface area contributed by atoms with Crippen molar-refractivity contribution in [3.8, 4) is 17.6 Å². The van der Waals surface area contributed by atoms with Crippen molar-refractivity contribution >= 4 is 22.2 Å². The lowest BCUT2D eigenvalue weighted by atomic mass is 9.88. The van der Waals surface area contributed by atoms with Gasteiger partial charge in [0.2, 0.25) is 6.79 Å². The van der Waals surface area contributed by atoms with Gasteiger partial charge >= 0.3 is 0 Å².